The number of amides is 2. The number of anilines is 1. The second-order valence-corrected chi connectivity index (χ2v) is 6.61. The Morgan fingerprint density at radius 2 is 1.96 bits per heavy atom. The summed E-state index contributed by atoms with van der Waals surface area (Å²) < 4.78 is 19.1. The molecule has 1 unspecified atom stereocenters. The fourth-order valence-electron chi connectivity index (χ4n) is 3.46. The standard InChI is InChI=1S/C18H26FN3O2/c19-16-5-1-2-6-17(16)20-18(23)22-8-3-4-15(7-9-22)14-21-10-12-24-13-11-21/h1-2,5-6,15H,3-4,7-14H2,(H,20,23). The molecule has 1 aromatic carbocycles. The third-order valence-corrected chi connectivity index (χ3v) is 4.87. The third-order valence-electron chi connectivity index (χ3n) is 4.87. The van der Waals surface area contributed by atoms with Crippen molar-refractivity contribution < 1.29 is 13.9 Å². The van der Waals surface area contributed by atoms with E-state index < -0.39 is 5.82 Å². The normalized spacial score (nSPS) is 22.9. The zero-order valence-electron chi connectivity index (χ0n) is 14.0. The van der Waals surface area contributed by atoms with Crippen molar-refractivity contribution in [2.75, 3.05) is 51.3 Å². The lowest BCUT2D eigenvalue weighted by atomic mass is 10.00. The molecule has 2 fully saturated rings. The summed E-state index contributed by atoms with van der Waals surface area (Å²) in [4.78, 5) is 16.7. The molecule has 2 heterocycles. The molecule has 5 nitrogen and oxygen atoms in total. The summed E-state index contributed by atoms with van der Waals surface area (Å²) in [6.45, 7) is 6.22. The minimum absolute atomic E-state index is 0.202. The first-order valence-electron chi connectivity index (χ1n) is 8.83. The molecule has 2 aliphatic heterocycles. The monoisotopic (exact) mass is 335 g/mol. The van der Waals surface area contributed by atoms with Crippen LogP contribution < -0.4 is 5.32 Å². The number of carbonyl (C=O) groups is 1. The molecule has 2 amide bonds. The van der Waals surface area contributed by atoms with Crippen LogP contribution in [-0.4, -0.2) is 61.8 Å². The topological polar surface area (TPSA) is 44.8 Å². The number of rotatable bonds is 3. The van der Waals surface area contributed by atoms with Gasteiger partial charge in [-0.15, -0.1) is 0 Å². The van der Waals surface area contributed by atoms with Gasteiger partial charge in [0.15, 0.2) is 0 Å². The van der Waals surface area contributed by atoms with Crippen molar-refractivity contribution in [1.82, 2.24) is 9.80 Å². The van der Waals surface area contributed by atoms with Crippen molar-refractivity contribution >= 4 is 11.7 Å². The lowest BCUT2D eigenvalue weighted by molar-refractivity contribution is 0.0297. The van der Waals surface area contributed by atoms with Gasteiger partial charge in [0.2, 0.25) is 0 Å². The molecule has 2 aliphatic rings. The van der Waals surface area contributed by atoms with Gasteiger partial charge >= 0.3 is 6.03 Å². The summed E-state index contributed by atoms with van der Waals surface area (Å²) in [5, 5.41) is 2.69. The fraction of sp³-hybridized carbons (Fsp3) is 0.611. The minimum atomic E-state index is -0.397. The molecule has 132 valence electrons. The molecule has 0 spiro atoms. The van der Waals surface area contributed by atoms with Crippen LogP contribution in [0.4, 0.5) is 14.9 Å². The maximum absolute atomic E-state index is 13.7. The van der Waals surface area contributed by atoms with E-state index in [1.165, 1.54) is 6.07 Å². The molecule has 1 N–H and O–H groups in total. The van der Waals surface area contributed by atoms with Gasteiger partial charge in [0, 0.05) is 32.7 Å². The number of morpholine rings is 1. The first-order valence-corrected chi connectivity index (χ1v) is 8.83. The summed E-state index contributed by atoms with van der Waals surface area (Å²) in [6, 6.07) is 6.09. The van der Waals surface area contributed by atoms with E-state index in [4.69, 9.17) is 4.74 Å². The Hall–Kier alpha value is -1.66. The van der Waals surface area contributed by atoms with Crippen LogP contribution in [-0.2, 0) is 4.74 Å². The van der Waals surface area contributed by atoms with Crippen LogP contribution in [0.5, 0.6) is 0 Å². The molecule has 0 aliphatic carbocycles. The average Bonchev–Trinajstić information content (AvgIpc) is 2.83. The average molecular weight is 335 g/mol. The predicted molar refractivity (Wildman–Crippen MR) is 91.6 cm³/mol. The first-order chi connectivity index (χ1) is 11.7. The number of hydrogen-bond acceptors (Lipinski definition) is 3. The van der Waals surface area contributed by atoms with Crippen molar-refractivity contribution in [3.8, 4) is 0 Å². The summed E-state index contributed by atoms with van der Waals surface area (Å²) in [5.41, 5.74) is 0.247. The van der Waals surface area contributed by atoms with Crippen LogP contribution in [0.1, 0.15) is 19.3 Å². The Balaban J connectivity index is 1.49. The van der Waals surface area contributed by atoms with Crippen LogP contribution in [0.3, 0.4) is 0 Å². The Kier molecular flexibility index (Phi) is 6.04. The Bertz CT molecular complexity index is 549. The van der Waals surface area contributed by atoms with Gasteiger partial charge in [-0.25, -0.2) is 9.18 Å². The maximum atomic E-state index is 13.7. The Morgan fingerprint density at radius 3 is 2.75 bits per heavy atom. The van der Waals surface area contributed by atoms with E-state index in [0.717, 1.165) is 65.2 Å². The highest BCUT2D eigenvalue weighted by Crippen LogP contribution is 2.20. The lowest BCUT2D eigenvalue weighted by Gasteiger charge is -2.30. The molecular weight excluding hydrogens is 309 g/mol. The van der Waals surface area contributed by atoms with Crippen LogP contribution in [0, 0.1) is 11.7 Å². The second kappa shape index (κ2) is 8.44. The van der Waals surface area contributed by atoms with Crippen molar-refractivity contribution in [2.45, 2.75) is 19.3 Å². The van der Waals surface area contributed by atoms with E-state index >= 15 is 0 Å². The molecule has 0 radical (unpaired) electrons. The molecule has 1 atom stereocenters. The van der Waals surface area contributed by atoms with Crippen molar-refractivity contribution in [2.24, 2.45) is 5.92 Å². The van der Waals surface area contributed by atoms with E-state index in [9.17, 15) is 9.18 Å². The zero-order chi connectivity index (χ0) is 16.8. The summed E-state index contributed by atoms with van der Waals surface area (Å²) in [5.74, 6) is 0.222. The molecule has 24 heavy (non-hydrogen) atoms. The van der Waals surface area contributed by atoms with Gasteiger partial charge < -0.3 is 15.0 Å². The van der Waals surface area contributed by atoms with Crippen LogP contribution in [0.25, 0.3) is 0 Å². The van der Waals surface area contributed by atoms with Gasteiger partial charge in [-0.05, 0) is 37.3 Å². The highest BCUT2D eigenvalue weighted by molar-refractivity contribution is 5.89. The Labute approximate surface area is 142 Å². The predicted octanol–water partition coefficient (Wildman–Crippen LogP) is 2.79. The zero-order valence-corrected chi connectivity index (χ0v) is 14.0. The molecule has 1 aromatic rings. The fourth-order valence-corrected chi connectivity index (χ4v) is 3.46. The van der Waals surface area contributed by atoms with Gasteiger partial charge in [-0.1, -0.05) is 12.1 Å². The number of hydrogen-bond donors (Lipinski definition) is 1. The second-order valence-electron chi connectivity index (χ2n) is 6.61. The highest BCUT2D eigenvalue weighted by atomic mass is 19.1. The minimum Gasteiger partial charge on any atom is -0.379 e. The summed E-state index contributed by atoms with van der Waals surface area (Å²) in [6.07, 6.45) is 3.14. The van der Waals surface area contributed by atoms with E-state index in [0.29, 0.717) is 5.92 Å². The number of nitrogens with one attached hydrogen (secondary N) is 1. The van der Waals surface area contributed by atoms with Crippen LogP contribution >= 0.6 is 0 Å². The van der Waals surface area contributed by atoms with E-state index in [1.54, 1.807) is 18.2 Å². The SMILES string of the molecule is O=C(Nc1ccccc1F)N1CCCC(CN2CCOCC2)CC1. The molecule has 0 aromatic heterocycles. The maximum Gasteiger partial charge on any atom is 0.321 e. The van der Waals surface area contributed by atoms with E-state index in [2.05, 4.69) is 10.2 Å². The number of halogens is 1. The first kappa shape index (κ1) is 17.2. The van der Waals surface area contributed by atoms with Gasteiger partial charge in [0.25, 0.3) is 0 Å². The molecule has 2 saturated heterocycles. The van der Waals surface area contributed by atoms with Gasteiger partial charge in [-0.2, -0.15) is 0 Å². The van der Waals surface area contributed by atoms with Gasteiger partial charge in [-0.3, -0.25) is 4.90 Å². The van der Waals surface area contributed by atoms with Crippen LogP contribution in [0.2, 0.25) is 0 Å². The number of carbonyl (C=O) groups excluding carboxylic acids is 1. The number of para-hydroxylation sites is 1. The summed E-state index contributed by atoms with van der Waals surface area (Å²) in [7, 11) is 0. The lowest BCUT2D eigenvalue weighted by Crippen LogP contribution is -2.40. The number of likely N-dealkylation sites (tertiary alicyclic amines) is 1. The molecule has 3 rings (SSSR count). The van der Waals surface area contributed by atoms with E-state index in [1.807, 2.05) is 4.90 Å². The van der Waals surface area contributed by atoms with Gasteiger partial charge in [0.05, 0.1) is 18.9 Å². The molecule has 6 heteroatoms. The molecular formula is C18H26FN3O2. The molecule has 0 bridgehead atoms. The van der Waals surface area contributed by atoms with Crippen molar-refractivity contribution in [3.05, 3.63) is 30.1 Å². The highest BCUT2D eigenvalue weighted by Gasteiger charge is 2.23. The quantitative estimate of drug-likeness (QED) is 0.924. The largest absolute Gasteiger partial charge is 0.379 e. The van der Waals surface area contributed by atoms with Gasteiger partial charge in [0.1, 0.15) is 5.82 Å². The number of nitrogens with zero attached hydrogens (tertiary/aromatic N) is 2. The smallest absolute Gasteiger partial charge is 0.321 e. The third kappa shape index (κ3) is 4.68. The molecule has 0 saturated carbocycles. The number of ether oxygens (including phenoxy) is 1. The summed E-state index contributed by atoms with van der Waals surface area (Å²) >= 11 is 0. The van der Waals surface area contributed by atoms with Crippen molar-refractivity contribution in [1.29, 1.82) is 0 Å². The van der Waals surface area contributed by atoms with E-state index in [-0.39, 0.29) is 11.7 Å². The number of benzene rings is 1. The van der Waals surface area contributed by atoms with Crippen molar-refractivity contribution in [3.63, 3.8) is 0 Å². The van der Waals surface area contributed by atoms with Crippen LogP contribution in [0.15, 0.2) is 24.3 Å². The number of urea groups is 1. The Morgan fingerprint density at radius 1 is 1.17 bits per heavy atom.